The van der Waals surface area contributed by atoms with Gasteiger partial charge in [-0.3, -0.25) is 4.79 Å². The van der Waals surface area contributed by atoms with Gasteiger partial charge in [-0.2, -0.15) is 5.10 Å². The van der Waals surface area contributed by atoms with Crippen molar-refractivity contribution in [2.24, 2.45) is 0 Å². The second-order valence-corrected chi connectivity index (χ2v) is 6.79. The van der Waals surface area contributed by atoms with Crippen LogP contribution in [-0.4, -0.2) is 33.7 Å². The molecule has 2 heterocycles. The van der Waals surface area contributed by atoms with Crippen LogP contribution in [0.4, 0.5) is 0 Å². The minimum absolute atomic E-state index is 0.0501. The van der Waals surface area contributed by atoms with Crippen molar-refractivity contribution in [2.45, 2.75) is 40.0 Å². The monoisotopic (exact) mass is 375 g/mol. The van der Waals surface area contributed by atoms with Gasteiger partial charge in [0.05, 0.1) is 11.4 Å². The molecule has 0 aliphatic carbocycles. The van der Waals surface area contributed by atoms with E-state index in [0.717, 1.165) is 48.4 Å². The second kappa shape index (κ2) is 9.36. The summed E-state index contributed by atoms with van der Waals surface area (Å²) in [4.78, 5) is 15.0. The number of para-hydroxylation sites is 1. The third kappa shape index (κ3) is 4.01. The van der Waals surface area contributed by atoms with Gasteiger partial charge >= 0.3 is 0 Å². The zero-order valence-electron chi connectivity index (χ0n) is 17.1. The average molecular weight is 376 g/mol. The molecular weight excluding hydrogens is 346 g/mol. The van der Waals surface area contributed by atoms with Gasteiger partial charge in [-0.05, 0) is 38.3 Å². The predicted octanol–water partition coefficient (Wildman–Crippen LogP) is 5.50. The number of nitrogens with zero attached hydrogens (tertiary/aromatic N) is 3. The molecule has 1 aliphatic rings. The van der Waals surface area contributed by atoms with E-state index in [2.05, 4.69) is 12.1 Å². The summed E-state index contributed by atoms with van der Waals surface area (Å²) in [6.45, 7) is 7.67. The first kappa shape index (κ1) is 19.9. The average Bonchev–Trinajstić information content (AvgIpc) is 3.13. The van der Waals surface area contributed by atoms with Crippen molar-refractivity contribution >= 4 is 5.91 Å². The number of carbonyl (C=O) groups is 1. The molecular formula is C24H29N3O. The standard InChI is InChI=1S/C22H23N3O.C2H6/c1-17-20(22(26)24-15-9-4-10-16-24)23-25(19-13-7-3-8-14-19)21(17)18-11-5-2-6-12-18;1-2/h2-3,5-8,11-14H,4,9-10,15-16H2,1H3;1-2H3. The molecule has 1 amide bonds. The van der Waals surface area contributed by atoms with Crippen molar-refractivity contribution < 1.29 is 4.79 Å². The number of hydrogen-bond donors (Lipinski definition) is 0. The maximum absolute atomic E-state index is 13.1. The smallest absolute Gasteiger partial charge is 0.274 e. The van der Waals surface area contributed by atoms with Gasteiger partial charge in [-0.15, -0.1) is 0 Å². The minimum atomic E-state index is 0.0501. The van der Waals surface area contributed by atoms with Gasteiger partial charge in [0.15, 0.2) is 5.69 Å². The van der Waals surface area contributed by atoms with Crippen molar-refractivity contribution in [3.63, 3.8) is 0 Å². The Bertz CT molecular complexity index is 894. The van der Waals surface area contributed by atoms with Gasteiger partial charge in [-0.1, -0.05) is 62.4 Å². The van der Waals surface area contributed by atoms with Crippen LogP contribution in [0, 0.1) is 6.92 Å². The summed E-state index contributed by atoms with van der Waals surface area (Å²) in [6.07, 6.45) is 3.36. The van der Waals surface area contributed by atoms with Crippen LogP contribution in [0.25, 0.3) is 16.9 Å². The van der Waals surface area contributed by atoms with Crippen LogP contribution in [0.2, 0.25) is 0 Å². The zero-order chi connectivity index (χ0) is 19.9. The molecule has 28 heavy (non-hydrogen) atoms. The first-order valence-electron chi connectivity index (χ1n) is 10.3. The molecule has 0 bridgehead atoms. The molecule has 0 N–H and O–H groups in total. The summed E-state index contributed by atoms with van der Waals surface area (Å²) in [7, 11) is 0. The normalized spacial score (nSPS) is 13.6. The molecule has 0 unspecified atom stereocenters. The molecule has 4 nitrogen and oxygen atoms in total. The first-order chi connectivity index (χ1) is 13.8. The van der Waals surface area contributed by atoms with Crippen LogP contribution in [0.5, 0.6) is 0 Å². The summed E-state index contributed by atoms with van der Waals surface area (Å²) >= 11 is 0. The lowest BCUT2D eigenvalue weighted by molar-refractivity contribution is 0.0717. The highest BCUT2D eigenvalue weighted by atomic mass is 16.2. The van der Waals surface area contributed by atoms with Crippen molar-refractivity contribution in [3.05, 3.63) is 71.9 Å². The molecule has 0 spiro atoms. The van der Waals surface area contributed by atoms with Crippen molar-refractivity contribution in [1.82, 2.24) is 14.7 Å². The molecule has 2 aromatic carbocycles. The molecule has 4 rings (SSSR count). The molecule has 0 atom stereocenters. The highest BCUT2D eigenvalue weighted by molar-refractivity contribution is 5.95. The zero-order valence-corrected chi connectivity index (χ0v) is 17.1. The predicted molar refractivity (Wildman–Crippen MR) is 115 cm³/mol. The Labute approximate surface area is 167 Å². The highest BCUT2D eigenvalue weighted by Gasteiger charge is 2.26. The van der Waals surface area contributed by atoms with Gasteiger partial charge in [0, 0.05) is 24.2 Å². The van der Waals surface area contributed by atoms with E-state index < -0.39 is 0 Å². The second-order valence-electron chi connectivity index (χ2n) is 6.79. The molecule has 4 heteroatoms. The Balaban J connectivity index is 0.00000109. The number of benzene rings is 2. The van der Waals surface area contributed by atoms with Crippen LogP contribution in [0.1, 0.15) is 49.2 Å². The Morgan fingerprint density at radius 3 is 2.04 bits per heavy atom. The maximum Gasteiger partial charge on any atom is 0.274 e. The number of likely N-dealkylation sites (tertiary alicyclic amines) is 1. The number of amides is 1. The molecule has 0 saturated carbocycles. The number of aromatic nitrogens is 2. The van der Waals surface area contributed by atoms with Crippen molar-refractivity contribution in [2.75, 3.05) is 13.1 Å². The van der Waals surface area contributed by atoms with E-state index in [0.29, 0.717) is 5.69 Å². The largest absolute Gasteiger partial charge is 0.337 e. The lowest BCUT2D eigenvalue weighted by atomic mass is 10.1. The first-order valence-corrected chi connectivity index (χ1v) is 10.3. The summed E-state index contributed by atoms with van der Waals surface area (Å²) in [5.41, 5.74) is 4.52. The van der Waals surface area contributed by atoms with Crippen molar-refractivity contribution in [1.29, 1.82) is 0 Å². The fraction of sp³-hybridized carbons (Fsp3) is 0.333. The third-order valence-corrected chi connectivity index (χ3v) is 5.02. The lowest BCUT2D eigenvalue weighted by Gasteiger charge is -2.26. The molecule has 1 aliphatic heterocycles. The Morgan fingerprint density at radius 2 is 1.43 bits per heavy atom. The van der Waals surface area contributed by atoms with Gasteiger partial charge in [-0.25, -0.2) is 4.68 Å². The molecule has 3 aromatic rings. The van der Waals surface area contributed by atoms with E-state index in [1.807, 2.05) is 78.9 Å². The van der Waals surface area contributed by atoms with E-state index >= 15 is 0 Å². The van der Waals surface area contributed by atoms with E-state index in [-0.39, 0.29) is 5.91 Å². The van der Waals surface area contributed by atoms with E-state index in [1.54, 1.807) is 0 Å². The van der Waals surface area contributed by atoms with Crippen molar-refractivity contribution in [3.8, 4) is 16.9 Å². The molecule has 146 valence electrons. The van der Waals surface area contributed by atoms with E-state index in [1.165, 1.54) is 6.42 Å². The lowest BCUT2D eigenvalue weighted by Crippen LogP contribution is -2.36. The van der Waals surface area contributed by atoms with Crippen LogP contribution < -0.4 is 0 Å². The summed E-state index contributed by atoms with van der Waals surface area (Å²) < 4.78 is 1.90. The summed E-state index contributed by atoms with van der Waals surface area (Å²) in [6, 6.07) is 20.2. The molecule has 1 aromatic heterocycles. The van der Waals surface area contributed by atoms with Gasteiger partial charge < -0.3 is 4.90 Å². The summed E-state index contributed by atoms with van der Waals surface area (Å²) in [5, 5.41) is 4.76. The van der Waals surface area contributed by atoms with E-state index in [9.17, 15) is 4.79 Å². The molecule has 0 radical (unpaired) electrons. The minimum Gasteiger partial charge on any atom is -0.337 e. The summed E-state index contributed by atoms with van der Waals surface area (Å²) in [5.74, 6) is 0.0501. The van der Waals surface area contributed by atoms with Crippen LogP contribution in [0.15, 0.2) is 60.7 Å². The number of rotatable bonds is 3. The SMILES string of the molecule is CC.Cc1c(C(=O)N2CCCCC2)nn(-c2ccccc2)c1-c1ccccc1. The number of piperidine rings is 1. The Kier molecular flexibility index (Phi) is 6.64. The van der Waals surface area contributed by atoms with Gasteiger partial charge in [0.2, 0.25) is 0 Å². The fourth-order valence-corrected chi connectivity index (χ4v) is 3.64. The maximum atomic E-state index is 13.1. The fourth-order valence-electron chi connectivity index (χ4n) is 3.64. The Morgan fingerprint density at radius 1 is 0.857 bits per heavy atom. The van der Waals surface area contributed by atoms with Crippen LogP contribution in [-0.2, 0) is 0 Å². The third-order valence-electron chi connectivity index (χ3n) is 5.02. The Hall–Kier alpha value is -2.88. The van der Waals surface area contributed by atoms with Crippen LogP contribution >= 0.6 is 0 Å². The highest BCUT2D eigenvalue weighted by Crippen LogP contribution is 2.29. The molecule has 1 saturated heterocycles. The molecule has 1 fully saturated rings. The van der Waals surface area contributed by atoms with Crippen LogP contribution in [0.3, 0.4) is 0 Å². The quantitative estimate of drug-likeness (QED) is 0.606. The topological polar surface area (TPSA) is 38.1 Å². The number of carbonyl (C=O) groups excluding carboxylic acids is 1. The number of hydrogen-bond acceptors (Lipinski definition) is 2. The van der Waals surface area contributed by atoms with Gasteiger partial charge in [0.25, 0.3) is 5.91 Å². The van der Waals surface area contributed by atoms with E-state index in [4.69, 9.17) is 5.10 Å². The van der Waals surface area contributed by atoms with Gasteiger partial charge in [0.1, 0.15) is 0 Å².